The van der Waals surface area contributed by atoms with Gasteiger partial charge in [0.15, 0.2) is 6.10 Å². The Morgan fingerprint density at radius 1 is 0.590 bits per heavy atom. The van der Waals surface area contributed by atoms with Gasteiger partial charge in [0.1, 0.15) is 12.7 Å². The first-order valence-corrected chi connectivity index (χ1v) is 25.8. The molecule has 0 saturated carbocycles. The number of hydrogen-bond acceptors (Lipinski definition) is 11. The molecule has 0 aromatic rings. The van der Waals surface area contributed by atoms with Crippen LogP contribution in [0.15, 0.2) is 48.6 Å². The monoisotopic (exact) mass is 909 g/mol. The number of aliphatic hydroxyl groups excluding tert-OH is 2. The number of esters is 2. The van der Waals surface area contributed by atoms with E-state index in [-0.39, 0.29) is 12.8 Å². The largest absolute Gasteiger partial charge is 0.472 e. The van der Waals surface area contributed by atoms with Gasteiger partial charge in [0.25, 0.3) is 0 Å². The number of allylic oxidation sites excluding steroid dienone is 6. The molecule has 0 amide bonds. The lowest BCUT2D eigenvalue weighted by Gasteiger charge is -2.20. The van der Waals surface area contributed by atoms with E-state index in [0.717, 1.165) is 31.6 Å². The number of aliphatic hydroxyl groups is 2. The minimum Gasteiger partial charge on any atom is -0.462 e. The molecule has 0 radical (unpaired) electrons. The van der Waals surface area contributed by atoms with E-state index in [4.69, 9.17) is 23.8 Å². The molecule has 5 N–H and O–H groups in total. The van der Waals surface area contributed by atoms with E-state index in [1.807, 2.05) is 36.5 Å². The molecule has 0 fully saturated rings. The molecule has 0 aromatic heterocycles. The molecule has 0 aliphatic heterocycles. The topological polar surface area (TPSA) is 216 Å². The molecule has 0 bridgehead atoms. The summed E-state index contributed by atoms with van der Waals surface area (Å²) in [6.07, 6.45) is 35.7. The summed E-state index contributed by atoms with van der Waals surface area (Å²) < 4.78 is 47.7. The van der Waals surface area contributed by atoms with Gasteiger partial charge in [-0.2, -0.15) is 0 Å². The maximum absolute atomic E-state index is 12.7. The molecule has 0 aromatic carbocycles. The third-order valence-electron chi connectivity index (χ3n) is 9.47. The van der Waals surface area contributed by atoms with Crippen LogP contribution in [0.2, 0.25) is 0 Å². The van der Waals surface area contributed by atoms with Gasteiger partial charge in [-0.15, -0.1) is 0 Å². The van der Waals surface area contributed by atoms with Gasteiger partial charge in [-0.3, -0.25) is 23.2 Å². The zero-order valence-corrected chi connectivity index (χ0v) is 39.3. The van der Waals surface area contributed by atoms with Gasteiger partial charge >= 0.3 is 27.6 Å². The maximum atomic E-state index is 12.7. The van der Waals surface area contributed by atoms with Gasteiger partial charge in [-0.25, -0.2) is 9.13 Å². The number of phosphoric ester groups is 2. The number of carbonyl (C=O) groups excluding carboxylic acids is 2. The summed E-state index contributed by atoms with van der Waals surface area (Å²) in [6, 6.07) is 0. The fraction of sp³-hybridized carbons (Fsp3) is 0.778. The number of rotatable bonds is 42. The molecule has 16 heteroatoms. The summed E-state index contributed by atoms with van der Waals surface area (Å²) in [5.41, 5.74) is 0. The molecular weight excluding hydrogens is 826 g/mol. The van der Waals surface area contributed by atoms with Crippen LogP contribution < -0.4 is 0 Å². The van der Waals surface area contributed by atoms with Crippen LogP contribution in [-0.2, 0) is 41.8 Å². The molecule has 0 rings (SSSR count). The zero-order chi connectivity index (χ0) is 45.5. The Labute approximate surface area is 367 Å². The van der Waals surface area contributed by atoms with Gasteiger partial charge < -0.3 is 34.4 Å². The van der Waals surface area contributed by atoms with Crippen molar-refractivity contribution >= 4 is 27.6 Å². The van der Waals surface area contributed by atoms with Crippen LogP contribution in [0.3, 0.4) is 0 Å². The highest BCUT2D eigenvalue weighted by Gasteiger charge is 2.28. The smallest absolute Gasteiger partial charge is 0.462 e. The molecule has 356 valence electrons. The Morgan fingerprint density at radius 2 is 1.15 bits per heavy atom. The van der Waals surface area contributed by atoms with Crippen LogP contribution in [0.4, 0.5) is 0 Å². The number of hydrogen-bond donors (Lipinski definition) is 5. The third kappa shape index (κ3) is 44.4. The second-order valence-corrected chi connectivity index (χ2v) is 18.7. The van der Waals surface area contributed by atoms with E-state index in [0.29, 0.717) is 32.1 Å². The van der Waals surface area contributed by atoms with E-state index in [9.17, 15) is 33.8 Å². The van der Waals surface area contributed by atoms with Crippen LogP contribution in [0, 0.1) is 5.92 Å². The maximum Gasteiger partial charge on any atom is 0.472 e. The Hall–Kier alpha value is -1.96. The van der Waals surface area contributed by atoms with Crippen molar-refractivity contribution in [2.45, 2.75) is 193 Å². The van der Waals surface area contributed by atoms with E-state index < -0.39 is 72.3 Å². The first kappa shape index (κ1) is 59.0. The van der Waals surface area contributed by atoms with Crippen molar-refractivity contribution in [3.8, 4) is 0 Å². The Bertz CT molecular complexity index is 1300. The summed E-state index contributed by atoms with van der Waals surface area (Å²) in [6.45, 7) is 3.91. The lowest BCUT2D eigenvalue weighted by Crippen LogP contribution is -2.29. The van der Waals surface area contributed by atoms with Crippen LogP contribution in [-0.4, -0.2) is 81.6 Å². The highest BCUT2D eigenvalue weighted by molar-refractivity contribution is 7.47. The molecule has 0 aliphatic rings. The lowest BCUT2D eigenvalue weighted by atomic mass is 10.0. The Morgan fingerprint density at radius 3 is 1.77 bits per heavy atom. The average molecular weight is 909 g/mol. The normalized spacial score (nSPS) is 15.0. The fourth-order valence-corrected chi connectivity index (χ4v) is 7.12. The molecule has 14 nitrogen and oxygen atoms in total. The Kier molecular flexibility index (Phi) is 38.3. The van der Waals surface area contributed by atoms with E-state index >= 15 is 0 Å². The number of ether oxygens (including phenoxy) is 2. The van der Waals surface area contributed by atoms with Crippen molar-refractivity contribution in [2.24, 2.45) is 5.92 Å². The van der Waals surface area contributed by atoms with Gasteiger partial charge in [0.05, 0.1) is 25.9 Å². The molecule has 0 spiro atoms. The summed E-state index contributed by atoms with van der Waals surface area (Å²) in [5.74, 6) is -0.336. The highest BCUT2D eigenvalue weighted by Crippen LogP contribution is 2.43. The van der Waals surface area contributed by atoms with Crippen molar-refractivity contribution in [1.29, 1.82) is 0 Å². The van der Waals surface area contributed by atoms with Crippen LogP contribution in [0.25, 0.3) is 0 Å². The van der Waals surface area contributed by atoms with Crippen molar-refractivity contribution in [1.82, 2.24) is 0 Å². The SMILES string of the molecule is CCCCC/C=C\C[C@H](O)/C=C/C=C\C/C=C\CCCC(=O)O[C@H](COC(=O)CCCCCCCCCCCCCCCC(C)C)COP(=O)(O)OC[C@@H](O)COP(=O)(O)O. The van der Waals surface area contributed by atoms with E-state index in [1.54, 1.807) is 6.08 Å². The van der Waals surface area contributed by atoms with E-state index in [1.165, 1.54) is 83.5 Å². The minimum atomic E-state index is -4.88. The predicted molar refractivity (Wildman–Crippen MR) is 240 cm³/mol. The first-order valence-electron chi connectivity index (χ1n) is 22.8. The fourth-order valence-electron chi connectivity index (χ4n) is 5.96. The van der Waals surface area contributed by atoms with Crippen LogP contribution in [0.5, 0.6) is 0 Å². The second-order valence-electron chi connectivity index (χ2n) is 16.0. The van der Waals surface area contributed by atoms with Crippen molar-refractivity contribution in [3.05, 3.63) is 48.6 Å². The average Bonchev–Trinajstić information content (AvgIpc) is 3.20. The summed E-state index contributed by atoms with van der Waals surface area (Å²) in [5, 5.41) is 19.8. The van der Waals surface area contributed by atoms with Gasteiger partial charge in [-0.05, 0) is 50.9 Å². The zero-order valence-electron chi connectivity index (χ0n) is 37.5. The van der Waals surface area contributed by atoms with Crippen LogP contribution in [0.1, 0.15) is 175 Å². The number of carbonyl (C=O) groups is 2. The van der Waals surface area contributed by atoms with Crippen molar-refractivity contribution in [2.75, 3.05) is 26.4 Å². The van der Waals surface area contributed by atoms with Crippen LogP contribution >= 0.6 is 15.6 Å². The molecule has 0 saturated heterocycles. The molecule has 4 atom stereocenters. The van der Waals surface area contributed by atoms with Crippen molar-refractivity contribution in [3.63, 3.8) is 0 Å². The first-order chi connectivity index (χ1) is 29.1. The molecule has 1 unspecified atom stereocenters. The summed E-state index contributed by atoms with van der Waals surface area (Å²) >= 11 is 0. The van der Waals surface area contributed by atoms with Gasteiger partial charge in [0.2, 0.25) is 0 Å². The molecule has 61 heavy (non-hydrogen) atoms. The van der Waals surface area contributed by atoms with E-state index in [2.05, 4.69) is 35.9 Å². The Balaban J connectivity index is 4.64. The minimum absolute atomic E-state index is 0.0237. The highest BCUT2D eigenvalue weighted by atomic mass is 31.2. The lowest BCUT2D eigenvalue weighted by molar-refractivity contribution is -0.161. The molecule has 0 aliphatic carbocycles. The standard InChI is InChI=1S/C45H82O14P2/c1-4-5-6-7-22-27-32-41(46)33-28-23-18-15-16-20-25-30-35-45(49)59-43(39-58-61(53,54)57-37-42(47)36-56-60(50,51)52)38-55-44(48)34-29-24-19-14-12-10-8-9-11-13-17-21-26-31-40(2)3/h16,18,20,22-23,27-28,33,40-43,46-47H,4-15,17,19,21,24-26,29-32,34-39H2,1-3H3,(H,53,54)(H2,50,51,52)/b20-16-,23-18-,27-22-,33-28+/t41-,42-,43+/m0/s1. The quantitative estimate of drug-likeness (QED) is 0.0127. The molecule has 0 heterocycles. The summed E-state index contributed by atoms with van der Waals surface area (Å²) in [7, 11) is -9.72. The summed E-state index contributed by atoms with van der Waals surface area (Å²) in [4.78, 5) is 52.7. The van der Waals surface area contributed by atoms with Gasteiger partial charge in [0, 0.05) is 12.8 Å². The second kappa shape index (κ2) is 39.6. The third-order valence-corrected chi connectivity index (χ3v) is 10.9. The predicted octanol–water partition coefficient (Wildman–Crippen LogP) is 10.7. The number of phosphoric acid groups is 2. The molecular formula is C45H82O14P2. The van der Waals surface area contributed by atoms with Crippen molar-refractivity contribution < 1.29 is 66.7 Å². The van der Waals surface area contributed by atoms with Gasteiger partial charge in [-0.1, -0.05) is 166 Å². The number of unbranched alkanes of at least 4 members (excludes halogenated alkanes) is 16.